The van der Waals surface area contributed by atoms with Gasteiger partial charge in [0, 0.05) is 11.6 Å². The van der Waals surface area contributed by atoms with Crippen molar-refractivity contribution in [1.29, 1.82) is 0 Å². The van der Waals surface area contributed by atoms with Gasteiger partial charge in [-0.2, -0.15) is 0 Å². The van der Waals surface area contributed by atoms with Gasteiger partial charge < -0.3 is 11.5 Å². The van der Waals surface area contributed by atoms with Crippen LogP contribution in [-0.2, 0) is 0 Å². The van der Waals surface area contributed by atoms with E-state index in [0.717, 1.165) is 30.6 Å². The van der Waals surface area contributed by atoms with Crippen molar-refractivity contribution in [2.45, 2.75) is 76.8 Å². The number of rotatable bonds is 2. The maximum Gasteiger partial charge on any atom is 0.0281 e. The standard InChI is InChI=1S/C15H30N2/c1-11-4-3-5-12(8-11)9-13-6-7-14(16)15(2,17)10-13/h11-14H,3-10,16-17H2,1-2H3. The second-order valence-electron chi connectivity index (χ2n) is 7.13. The molecule has 0 heterocycles. The molecule has 2 nitrogen and oxygen atoms in total. The van der Waals surface area contributed by atoms with E-state index in [1.54, 1.807) is 0 Å². The largest absolute Gasteiger partial charge is 0.326 e. The Balaban J connectivity index is 1.83. The fourth-order valence-electron chi connectivity index (χ4n) is 4.07. The topological polar surface area (TPSA) is 52.0 Å². The van der Waals surface area contributed by atoms with Crippen molar-refractivity contribution in [3.05, 3.63) is 0 Å². The van der Waals surface area contributed by atoms with Crippen LogP contribution in [0.2, 0.25) is 0 Å². The molecule has 0 aromatic rings. The van der Waals surface area contributed by atoms with Crippen molar-refractivity contribution in [2.75, 3.05) is 0 Å². The zero-order valence-electron chi connectivity index (χ0n) is 11.6. The molecule has 0 saturated heterocycles. The Morgan fingerprint density at radius 1 is 1.12 bits per heavy atom. The van der Waals surface area contributed by atoms with Crippen LogP contribution in [0.5, 0.6) is 0 Å². The lowest BCUT2D eigenvalue weighted by molar-refractivity contribution is 0.159. The fraction of sp³-hybridized carbons (Fsp3) is 1.00. The van der Waals surface area contributed by atoms with Crippen LogP contribution >= 0.6 is 0 Å². The second-order valence-corrected chi connectivity index (χ2v) is 7.13. The van der Waals surface area contributed by atoms with Gasteiger partial charge in [0.05, 0.1) is 0 Å². The Labute approximate surface area is 107 Å². The molecule has 0 aromatic carbocycles. The number of nitrogens with two attached hydrogens (primary N) is 2. The molecular formula is C15H30N2. The molecule has 0 aromatic heterocycles. The fourth-order valence-corrected chi connectivity index (χ4v) is 4.07. The van der Waals surface area contributed by atoms with Crippen molar-refractivity contribution in [3.63, 3.8) is 0 Å². The quantitative estimate of drug-likeness (QED) is 0.777. The summed E-state index contributed by atoms with van der Waals surface area (Å²) in [5.74, 6) is 2.75. The monoisotopic (exact) mass is 238 g/mol. The van der Waals surface area contributed by atoms with Crippen LogP contribution in [0.3, 0.4) is 0 Å². The van der Waals surface area contributed by atoms with E-state index in [9.17, 15) is 0 Å². The summed E-state index contributed by atoms with van der Waals surface area (Å²) in [6, 6.07) is 0.212. The summed E-state index contributed by atoms with van der Waals surface area (Å²) in [5, 5.41) is 0. The van der Waals surface area contributed by atoms with Crippen LogP contribution in [0, 0.1) is 17.8 Å². The maximum atomic E-state index is 6.32. The van der Waals surface area contributed by atoms with Crippen molar-refractivity contribution < 1.29 is 0 Å². The summed E-state index contributed by atoms with van der Waals surface area (Å²) < 4.78 is 0. The van der Waals surface area contributed by atoms with Crippen molar-refractivity contribution in [2.24, 2.45) is 29.2 Å². The minimum Gasteiger partial charge on any atom is -0.326 e. The van der Waals surface area contributed by atoms with Crippen LogP contribution in [0.25, 0.3) is 0 Å². The molecule has 2 aliphatic rings. The average Bonchev–Trinajstić information content (AvgIpc) is 2.23. The minimum atomic E-state index is -0.122. The third-order valence-electron chi connectivity index (χ3n) is 5.17. The van der Waals surface area contributed by atoms with Crippen molar-refractivity contribution >= 4 is 0 Å². The Morgan fingerprint density at radius 3 is 2.53 bits per heavy atom. The summed E-state index contributed by atoms with van der Waals surface area (Å²) in [6.45, 7) is 4.56. The van der Waals surface area contributed by atoms with Gasteiger partial charge >= 0.3 is 0 Å². The van der Waals surface area contributed by atoms with Crippen molar-refractivity contribution in [3.8, 4) is 0 Å². The predicted molar refractivity (Wildman–Crippen MR) is 73.6 cm³/mol. The first-order chi connectivity index (χ1) is 7.97. The molecule has 100 valence electrons. The molecule has 0 spiro atoms. The molecule has 5 unspecified atom stereocenters. The van der Waals surface area contributed by atoms with Gasteiger partial charge in [0.1, 0.15) is 0 Å². The smallest absolute Gasteiger partial charge is 0.0281 e. The molecule has 0 bridgehead atoms. The van der Waals surface area contributed by atoms with E-state index in [-0.39, 0.29) is 11.6 Å². The highest BCUT2D eigenvalue weighted by atomic mass is 14.9. The lowest BCUT2D eigenvalue weighted by Gasteiger charge is -2.42. The van der Waals surface area contributed by atoms with Crippen LogP contribution < -0.4 is 11.5 Å². The SMILES string of the molecule is CC1CCCC(CC2CCC(N)C(C)(N)C2)C1. The van der Waals surface area contributed by atoms with Gasteiger partial charge in [0.2, 0.25) is 0 Å². The Bertz CT molecular complexity index is 249. The third-order valence-corrected chi connectivity index (χ3v) is 5.17. The van der Waals surface area contributed by atoms with E-state index in [1.165, 1.54) is 38.5 Å². The lowest BCUT2D eigenvalue weighted by atomic mass is 9.69. The molecule has 0 amide bonds. The summed E-state index contributed by atoms with van der Waals surface area (Å²) in [5.41, 5.74) is 12.3. The number of hydrogen-bond donors (Lipinski definition) is 2. The first-order valence-electron chi connectivity index (χ1n) is 7.52. The van der Waals surface area contributed by atoms with E-state index in [2.05, 4.69) is 13.8 Å². The van der Waals surface area contributed by atoms with Crippen molar-refractivity contribution in [1.82, 2.24) is 0 Å². The molecule has 0 aliphatic heterocycles. The van der Waals surface area contributed by atoms with Crippen LogP contribution in [0.4, 0.5) is 0 Å². The predicted octanol–water partition coefficient (Wildman–Crippen LogP) is 3.05. The molecule has 2 aliphatic carbocycles. The molecule has 0 radical (unpaired) electrons. The minimum absolute atomic E-state index is 0.122. The molecule has 5 atom stereocenters. The molecule has 17 heavy (non-hydrogen) atoms. The lowest BCUT2D eigenvalue weighted by Crippen LogP contribution is -2.56. The third kappa shape index (κ3) is 3.45. The zero-order chi connectivity index (χ0) is 12.5. The molecule has 4 N–H and O–H groups in total. The summed E-state index contributed by atoms with van der Waals surface area (Å²) in [4.78, 5) is 0. The number of hydrogen-bond acceptors (Lipinski definition) is 2. The Morgan fingerprint density at radius 2 is 1.88 bits per heavy atom. The summed E-state index contributed by atoms with van der Waals surface area (Å²) in [7, 11) is 0. The van der Waals surface area contributed by atoms with E-state index in [4.69, 9.17) is 11.5 Å². The molecular weight excluding hydrogens is 208 g/mol. The highest BCUT2D eigenvalue weighted by Gasteiger charge is 2.36. The summed E-state index contributed by atoms with van der Waals surface area (Å²) in [6.07, 6.45) is 10.8. The maximum absolute atomic E-state index is 6.32. The first kappa shape index (κ1) is 13.4. The van der Waals surface area contributed by atoms with Gasteiger partial charge in [-0.15, -0.1) is 0 Å². The van der Waals surface area contributed by atoms with E-state index in [0.29, 0.717) is 0 Å². The van der Waals surface area contributed by atoms with Gasteiger partial charge in [-0.05, 0) is 56.8 Å². The van der Waals surface area contributed by atoms with E-state index >= 15 is 0 Å². The molecule has 2 heteroatoms. The second kappa shape index (κ2) is 5.27. The Kier molecular flexibility index (Phi) is 4.14. The van der Waals surface area contributed by atoms with E-state index in [1.807, 2.05) is 0 Å². The Hall–Kier alpha value is -0.0800. The highest BCUT2D eigenvalue weighted by Crippen LogP contribution is 2.38. The van der Waals surface area contributed by atoms with Gasteiger partial charge in [0.15, 0.2) is 0 Å². The van der Waals surface area contributed by atoms with Gasteiger partial charge in [-0.3, -0.25) is 0 Å². The zero-order valence-corrected chi connectivity index (χ0v) is 11.6. The highest BCUT2D eigenvalue weighted by molar-refractivity contribution is 4.96. The normalized spacial score (nSPS) is 48.0. The average molecular weight is 238 g/mol. The molecule has 2 fully saturated rings. The van der Waals surface area contributed by atoms with Gasteiger partial charge in [-0.1, -0.05) is 26.2 Å². The van der Waals surface area contributed by atoms with Crippen LogP contribution in [0.15, 0.2) is 0 Å². The van der Waals surface area contributed by atoms with E-state index < -0.39 is 0 Å². The van der Waals surface area contributed by atoms with Gasteiger partial charge in [0.25, 0.3) is 0 Å². The first-order valence-corrected chi connectivity index (χ1v) is 7.52. The summed E-state index contributed by atoms with van der Waals surface area (Å²) >= 11 is 0. The van der Waals surface area contributed by atoms with Crippen LogP contribution in [-0.4, -0.2) is 11.6 Å². The molecule has 2 saturated carbocycles. The van der Waals surface area contributed by atoms with Crippen LogP contribution in [0.1, 0.15) is 65.2 Å². The van der Waals surface area contributed by atoms with Gasteiger partial charge in [-0.25, -0.2) is 0 Å². The molecule has 2 rings (SSSR count).